The van der Waals surface area contributed by atoms with Crippen molar-refractivity contribution in [3.05, 3.63) is 0 Å². The van der Waals surface area contributed by atoms with E-state index in [-0.39, 0.29) is 12.5 Å². The van der Waals surface area contributed by atoms with E-state index in [9.17, 15) is 19.5 Å². The van der Waals surface area contributed by atoms with E-state index in [1.807, 2.05) is 6.92 Å². The molecule has 108 valence electrons. The highest BCUT2D eigenvalue weighted by atomic mass is 16.4. The quantitative estimate of drug-likeness (QED) is 0.716. The van der Waals surface area contributed by atoms with E-state index in [1.54, 1.807) is 14.1 Å². The van der Waals surface area contributed by atoms with Gasteiger partial charge >= 0.3 is 5.97 Å². The second-order valence-corrected chi connectivity index (χ2v) is 5.26. The summed E-state index contributed by atoms with van der Waals surface area (Å²) in [5.74, 6) is -1.67. The van der Waals surface area contributed by atoms with E-state index in [0.29, 0.717) is 25.8 Å². The van der Waals surface area contributed by atoms with Gasteiger partial charge in [-0.2, -0.15) is 0 Å². The van der Waals surface area contributed by atoms with Crippen molar-refractivity contribution < 1.29 is 19.5 Å². The number of amides is 2. The van der Waals surface area contributed by atoms with Gasteiger partial charge in [0.2, 0.25) is 11.8 Å². The van der Waals surface area contributed by atoms with Gasteiger partial charge in [0.15, 0.2) is 0 Å². The molecule has 2 amide bonds. The summed E-state index contributed by atoms with van der Waals surface area (Å²) in [6.07, 6.45) is 2.19. The van der Waals surface area contributed by atoms with E-state index in [2.05, 4.69) is 0 Å². The maximum Gasteiger partial charge on any atom is 0.319 e. The lowest BCUT2D eigenvalue weighted by Gasteiger charge is -2.39. The Kier molecular flexibility index (Phi) is 4.91. The van der Waals surface area contributed by atoms with Crippen LogP contribution < -0.4 is 0 Å². The number of aliphatic carboxylic acids is 1. The average Bonchev–Trinajstić information content (AvgIpc) is 2.25. The standard InChI is InChI=1S/C13H22N2O4/c1-4-8-15(9-10(16)14(2)3)11(17)13(12(18)19)6-5-7-13/h4-9H2,1-3H3,(H,18,19). The molecule has 19 heavy (non-hydrogen) atoms. The summed E-state index contributed by atoms with van der Waals surface area (Å²) in [6, 6.07) is 0. The van der Waals surface area contributed by atoms with Gasteiger partial charge in [0, 0.05) is 20.6 Å². The van der Waals surface area contributed by atoms with Crippen LogP contribution in [-0.4, -0.2) is 59.9 Å². The Hall–Kier alpha value is -1.59. The Labute approximate surface area is 113 Å². The highest BCUT2D eigenvalue weighted by Gasteiger charge is 2.53. The van der Waals surface area contributed by atoms with Crippen LogP contribution in [0.1, 0.15) is 32.6 Å². The van der Waals surface area contributed by atoms with E-state index in [1.165, 1.54) is 9.80 Å². The summed E-state index contributed by atoms with van der Waals surface area (Å²) in [4.78, 5) is 38.3. The largest absolute Gasteiger partial charge is 0.480 e. The molecule has 0 aromatic rings. The number of carbonyl (C=O) groups is 3. The van der Waals surface area contributed by atoms with Gasteiger partial charge in [-0.1, -0.05) is 13.3 Å². The molecule has 0 spiro atoms. The Balaban J connectivity index is 2.83. The van der Waals surface area contributed by atoms with Crippen molar-refractivity contribution >= 4 is 17.8 Å². The molecular formula is C13H22N2O4. The number of hydrogen-bond donors (Lipinski definition) is 1. The zero-order chi connectivity index (χ0) is 14.6. The third-order valence-electron chi connectivity index (χ3n) is 3.63. The first-order chi connectivity index (χ1) is 8.85. The van der Waals surface area contributed by atoms with Gasteiger partial charge in [-0.05, 0) is 19.3 Å². The highest BCUT2D eigenvalue weighted by Crippen LogP contribution is 2.42. The number of hydrogen-bond acceptors (Lipinski definition) is 3. The Bertz CT molecular complexity index is 375. The van der Waals surface area contributed by atoms with E-state index < -0.39 is 17.3 Å². The SMILES string of the molecule is CCCN(CC(=O)N(C)C)C(=O)C1(C(=O)O)CCC1. The first-order valence-electron chi connectivity index (χ1n) is 6.58. The summed E-state index contributed by atoms with van der Waals surface area (Å²) in [5, 5.41) is 9.27. The molecule has 0 heterocycles. The van der Waals surface area contributed by atoms with Crippen LogP contribution in [0.5, 0.6) is 0 Å². The molecule has 1 rings (SSSR count). The third-order valence-corrected chi connectivity index (χ3v) is 3.63. The third kappa shape index (κ3) is 3.05. The fourth-order valence-electron chi connectivity index (χ4n) is 2.18. The average molecular weight is 270 g/mol. The van der Waals surface area contributed by atoms with E-state index >= 15 is 0 Å². The predicted octanol–water partition coefficient (Wildman–Crippen LogP) is 0.568. The smallest absolute Gasteiger partial charge is 0.319 e. The minimum absolute atomic E-state index is 0.0469. The van der Waals surface area contributed by atoms with Gasteiger partial charge in [0.1, 0.15) is 5.41 Å². The van der Waals surface area contributed by atoms with Gasteiger partial charge < -0.3 is 14.9 Å². The van der Waals surface area contributed by atoms with Gasteiger partial charge in [-0.15, -0.1) is 0 Å². The first kappa shape index (κ1) is 15.5. The highest BCUT2D eigenvalue weighted by molar-refractivity contribution is 6.03. The molecule has 0 radical (unpaired) electrons. The number of rotatable bonds is 6. The van der Waals surface area contributed by atoms with Crippen molar-refractivity contribution in [1.82, 2.24) is 9.80 Å². The van der Waals surface area contributed by atoms with E-state index in [0.717, 1.165) is 6.42 Å². The molecule has 0 aromatic carbocycles. The number of nitrogens with zero attached hydrogens (tertiary/aromatic N) is 2. The van der Waals surface area contributed by atoms with Gasteiger partial charge in [-0.25, -0.2) is 0 Å². The van der Waals surface area contributed by atoms with Crippen molar-refractivity contribution in [3.63, 3.8) is 0 Å². The molecule has 6 heteroatoms. The maximum absolute atomic E-state index is 12.4. The van der Waals surface area contributed by atoms with Crippen molar-refractivity contribution in [1.29, 1.82) is 0 Å². The zero-order valence-electron chi connectivity index (χ0n) is 11.8. The molecule has 0 aliphatic heterocycles. The molecule has 0 aromatic heterocycles. The minimum Gasteiger partial charge on any atom is -0.480 e. The number of likely N-dealkylation sites (N-methyl/N-ethyl adjacent to an activating group) is 1. The van der Waals surface area contributed by atoms with Crippen LogP contribution in [0.15, 0.2) is 0 Å². The molecule has 1 N–H and O–H groups in total. The summed E-state index contributed by atoms with van der Waals surface area (Å²) < 4.78 is 0. The van der Waals surface area contributed by atoms with Crippen LogP contribution in [-0.2, 0) is 14.4 Å². The monoisotopic (exact) mass is 270 g/mol. The number of carboxylic acids is 1. The maximum atomic E-state index is 12.4. The molecule has 0 unspecified atom stereocenters. The van der Waals surface area contributed by atoms with Gasteiger partial charge in [-0.3, -0.25) is 14.4 Å². The van der Waals surface area contributed by atoms with Crippen molar-refractivity contribution in [2.45, 2.75) is 32.6 Å². The summed E-state index contributed by atoms with van der Waals surface area (Å²) in [5.41, 5.74) is -1.29. The molecule has 0 bridgehead atoms. The lowest BCUT2D eigenvalue weighted by molar-refractivity contribution is -0.168. The molecule has 1 saturated carbocycles. The fraction of sp³-hybridized carbons (Fsp3) is 0.769. The minimum atomic E-state index is -1.29. The van der Waals surface area contributed by atoms with Crippen molar-refractivity contribution in [2.75, 3.05) is 27.2 Å². The summed E-state index contributed by atoms with van der Waals surface area (Å²) in [7, 11) is 3.24. The molecule has 0 saturated heterocycles. The molecule has 1 aliphatic carbocycles. The molecule has 1 aliphatic rings. The molecule has 0 atom stereocenters. The fourth-order valence-corrected chi connectivity index (χ4v) is 2.18. The second kappa shape index (κ2) is 6.04. The lowest BCUT2D eigenvalue weighted by atomic mass is 9.67. The second-order valence-electron chi connectivity index (χ2n) is 5.26. The summed E-state index contributed by atoms with van der Waals surface area (Å²) in [6.45, 7) is 2.26. The van der Waals surface area contributed by atoms with Gasteiger partial charge in [0.25, 0.3) is 0 Å². The Morgan fingerprint density at radius 2 is 1.79 bits per heavy atom. The van der Waals surface area contributed by atoms with Crippen LogP contribution in [0, 0.1) is 5.41 Å². The van der Waals surface area contributed by atoms with Crippen LogP contribution in [0.3, 0.4) is 0 Å². The van der Waals surface area contributed by atoms with Crippen LogP contribution >= 0.6 is 0 Å². The topological polar surface area (TPSA) is 77.9 Å². The molecule has 6 nitrogen and oxygen atoms in total. The van der Waals surface area contributed by atoms with Gasteiger partial charge in [0.05, 0.1) is 6.54 Å². The number of carbonyl (C=O) groups excluding carboxylic acids is 2. The predicted molar refractivity (Wildman–Crippen MR) is 69.5 cm³/mol. The molecule has 1 fully saturated rings. The lowest BCUT2D eigenvalue weighted by Crippen LogP contribution is -2.54. The molecular weight excluding hydrogens is 248 g/mol. The number of carboxylic acid groups (broad SMARTS) is 1. The Morgan fingerprint density at radius 3 is 2.11 bits per heavy atom. The zero-order valence-corrected chi connectivity index (χ0v) is 11.8. The van der Waals surface area contributed by atoms with Crippen LogP contribution in [0.2, 0.25) is 0 Å². The Morgan fingerprint density at radius 1 is 1.21 bits per heavy atom. The normalized spacial score (nSPS) is 16.4. The van der Waals surface area contributed by atoms with Crippen LogP contribution in [0.25, 0.3) is 0 Å². The van der Waals surface area contributed by atoms with E-state index in [4.69, 9.17) is 0 Å². The van der Waals surface area contributed by atoms with Crippen molar-refractivity contribution in [2.24, 2.45) is 5.41 Å². The first-order valence-corrected chi connectivity index (χ1v) is 6.58. The summed E-state index contributed by atoms with van der Waals surface area (Å²) >= 11 is 0. The van der Waals surface area contributed by atoms with Crippen LogP contribution in [0.4, 0.5) is 0 Å². The van der Waals surface area contributed by atoms with Crippen molar-refractivity contribution in [3.8, 4) is 0 Å².